The van der Waals surface area contributed by atoms with Gasteiger partial charge in [-0.3, -0.25) is 0 Å². The Balaban J connectivity index is 1.72. The Morgan fingerprint density at radius 1 is 1.39 bits per heavy atom. The van der Waals surface area contributed by atoms with Gasteiger partial charge in [-0.2, -0.15) is 0 Å². The van der Waals surface area contributed by atoms with Gasteiger partial charge in [-0.25, -0.2) is 0 Å². The lowest BCUT2D eigenvalue weighted by atomic mass is 9.81. The van der Waals surface area contributed by atoms with Crippen molar-refractivity contribution in [1.82, 2.24) is 0 Å². The van der Waals surface area contributed by atoms with E-state index in [9.17, 15) is 5.11 Å². The van der Waals surface area contributed by atoms with E-state index in [1.54, 1.807) is 0 Å². The summed E-state index contributed by atoms with van der Waals surface area (Å²) in [7, 11) is 0. The van der Waals surface area contributed by atoms with E-state index >= 15 is 0 Å². The first-order valence-electron chi connectivity index (χ1n) is 6.34. The first-order chi connectivity index (χ1) is 8.69. The van der Waals surface area contributed by atoms with Crippen LogP contribution in [0.2, 0.25) is 0 Å². The predicted octanol–water partition coefficient (Wildman–Crippen LogP) is 2.66. The largest absolute Gasteiger partial charge is 0.452 e. The van der Waals surface area contributed by atoms with Crippen molar-refractivity contribution in [2.45, 2.75) is 31.0 Å². The summed E-state index contributed by atoms with van der Waals surface area (Å²) in [6.45, 7) is 2.10. The second kappa shape index (κ2) is 4.96. The van der Waals surface area contributed by atoms with E-state index in [2.05, 4.69) is 15.9 Å². The molecule has 0 aromatic carbocycles. The Bertz CT molecular complexity index is 411. The molecule has 100 valence electrons. The van der Waals surface area contributed by atoms with Crippen LogP contribution in [0.5, 0.6) is 0 Å². The molecule has 0 aliphatic carbocycles. The Morgan fingerprint density at radius 2 is 2.28 bits per heavy atom. The van der Waals surface area contributed by atoms with Crippen LogP contribution in [0.25, 0.3) is 0 Å². The maximum absolute atomic E-state index is 10.4. The lowest BCUT2D eigenvalue weighted by Crippen LogP contribution is -2.41. The average Bonchev–Trinajstić information content (AvgIpc) is 2.98. The third-order valence-electron chi connectivity index (χ3n) is 3.93. The van der Waals surface area contributed by atoms with Crippen molar-refractivity contribution in [3.05, 3.63) is 22.6 Å². The molecule has 0 saturated carbocycles. The lowest BCUT2D eigenvalue weighted by Gasteiger charge is -2.38. The smallest absolute Gasteiger partial charge is 0.169 e. The highest BCUT2D eigenvalue weighted by molar-refractivity contribution is 9.10. The summed E-state index contributed by atoms with van der Waals surface area (Å²) in [5.74, 6) is 0.807. The van der Waals surface area contributed by atoms with E-state index in [4.69, 9.17) is 13.9 Å². The molecule has 3 heterocycles. The van der Waals surface area contributed by atoms with Gasteiger partial charge in [0, 0.05) is 19.6 Å². The van der Waals surface area contributed by atoms with Crippen LogP contribution in [0.1, 0.15) is 31.1 Å². The molecule has 4 nitrogen and oxygen atoms in total. The van der Waals surface area contributed by atoms with E-state index in [1.165, 1.54) is 0 Å². The zero-order valence-electron chi connectivity index (χ0n) is 10.1. The van der Waals surface area contributed by atoms with E-state index in [0.29, 0.717) is 23.6 Å². The molecule has 5 heteroatoms. The molecule has 1 aromatic rings. The molecule has 2 aliphatic rings. The van der Waals surface area contributed by atoms with E-state index in [1.807, 2.05) is 12.1 Å². The quantitative estimate of drug-likeness (QED) is 0.911. The molecule has 18 heavy (non-hydrogen) atoms. The number of halogens is 1. The molecule has 0 radical (unpaired) electrons. The minimum Gasteiger partial charge on any atom is -0.452 e. The van der Waals surface area contributed by atoms with E-state index < -0.39 is 6.10 Å². The van der Waals surface area contributed by atoms with E-state index in [0.717, 1.165) is 25.9 Å². The van der Waals surface area contributed by atoms with Crippen molar-refractivity contribution < 1.29 is 19.0 Å². The van der Waals surface area contributed by atoms with Crippen LogP contribution in [0.15, 0.2) is 21.2 Å². The monoisotopic (exact) mass is 316 g/mol. The van der Waals surface area contributed by atoms with Gasteiger partial charge < -0.3 is 19.0 Å². The summed E-state index contributed by atoms with van der Waals surface area (Å²) in [4.78, 5) is 0. The minimum atomic E-state index is -0.558. The first kappa shape index (κ1) is 12.7. The summed E-state index contributed by atoms with van der Waals surface area (Å²) in [6, 6.07) is 3.63. The fourth-order valence-electron chi connectivity index (χ4n) is 2.92. The molecule has 1 aromatic heterocycles. The summed E-state index contributed by atoms with van der Waals surface area (Å²) in [5, 5.41) is 10.4. The highest BCUT2D eigenvalue weighted by Gasteiger charge is 2.43. The van der Waals surface area contributed by atoms with Crippen LogP contribution in [0.4, 0.5) is 0 Å². The third kappa shape index (κ3) is 2.37. The topological polar surface area (TPSA) is 51.8 Å². The molecule has 2 saturated heterocycles. The average molecular weight is 317 g/mol. The normalized spacial score (nSPS) is 34.0. The van der Waals surface area contributed by atoms with Crippen LogP contribution in [-0.2, 0) is 9.47 Å². The zero-order valence-corrected chi connectivity index (χ0v) is 11.7. The summed E-state index contributed by atoms with van der Waals surface area (Å²) >= 11 is 3.26. The van der Waals surface area contributed by atoms with Crippen molar-refractivity contribution in [3.8, 4) is 0 Å². The number of aliphatic hydroxyl groups excluding tert-OH is 1. The Kier molecular flexibility index (Phi) is 3.49. The van der Waals surface area contributed by atoms with Gasteiger partial charge in [0.05, 0.1) is 12.2 Å². The molecule has 3 unspecified atom stereocenters. The van der Waals surface area contributed by atoms with Crippen LogP contribution in [0, 0.1) is 5.92 Å². The van der Waals surface area contributed by atoms with Crippen LogP contribution >= 0.6 is 15.9 Å². The number of aliphatic hydroxyl groups is 1. The first-order valence-corrected chi connectivity index (χ1v) is 7.13. The van der Waals surface area contributed by atoms with Crippen molar-refractivity contribution >= 4 is 15.9 Å². The van der Waals surface area contributed by atoms with Gasteiger partial charge in [0.1, 0.15) is 11.9 Å². The summed E-state index contributed by atoms with van der Waals surface area (Å²) < 4.78 is 17.4. The fraction of sp³-hybridized carbons (Fsp3) is 0.692. The molecular formula is C13H17BrO4. The highest BCUT2D eigenvalue weighted by Crippen LogP contribution is 2.41. The van der Waals surface area contributed by atoms with Gasteiger partial charge in [-0.15, -0.1) is 0 Å². The zero-order chi connectivity index (χ0) is 12.6. The second-order valence-corrected chi connectivity index (χ2v) is 5.96. The van der Waals surface area contributed by atoms with Crippen molar-refractivity contribution in [3.63, 3.8) is 0 Å². The molecule has 2 aliphatic heterocycles. The molecule has 0 amide bonds. The third-order valence-corrected chi connectivity index (χ3v) is 4.36. The van der Waals surface area contributed by atoms with Crippen LogP contribution in [0.3, 0.4) is 0 Å². The van der Waals surface area contributed by atoms with Gasteiger partial charge in [-0.1, -0.05) is 0 Å². The minimum absolute atomic E-state index is 0.173. The molecule has 3 atom stereocenters. The van der Waals surface area contributed by atoms with Gasteiger partial charge >= 0.3 is 0 Å². The number of hydrogen-bond acceptors (Lipinski definition) is 4. The number of ether oxygens (including phenoxy) is 2. The van der Waals surface area contributed by atoms with Crippen molar-refractivity contribution in [2.75, 3.05) is 19.8 Å². The molecular weight excluding hydrogens is 300 g/mol. The summed E-state index contributed by atoms with van der Waals surface area (Å²) in [5.41, 5.74) is -0.173. The van der Waals surface area contributed by atoms with Crippen LogP contribution < -0.4 is 0 Å². The fourth-order valence-corrected chi connectivity index (χ4v) is 3.24. The predicted molar refractivity (Wildman–Crippen MR) is 68.2 cm³/mol. The Hall–Kier alpha value is -0.360. The summed E-state index contributed by atoms with van der Waals surface area (Å²) in [6.07, 6.45) is 2.07. The standard InChI is InChI=1S/C13H17BrO4/c14-11-2-1-10(18-11)12(15)9-3-5-17-13(7-9)4-6-16-8-13/h1-2,9,12,15H,3-8H2. The highest BCUT2D eigenvalue weighted by atomic mass is 79.9. The van der Waals surface area contributed by atoms with Crippen molar-refractivity contribution in [1.29, 1.82) is 0 Å². The van der Waals surface area contributed by atoms with Gasteiger partial charge in [0.15, 0.2) is 4.67 Å². The Labute approximate surface area is 114 Å². The molecule has 1 spiro atoms. The molecule has 1 N–H and O–H groups in total. The number of hydrogen-bond donors (Lipinski definition) is 1. The maximum atomic E-state index is 10.4. The Morgan fingerprint density at radius 3 is 2.94 bits per heavy atom. The van der Waals surface area contributed by atoms with Gasteiger partial charge in [0.25, 0.3) is 0 Å². The van der Waals surface area contributed by atoms with Crippen molar-refractivity contribution in [2.24, 2.45) is 5.92 Å². The molecule has 2 fully saturated rings. The van der Waals surface area contributed by atoms with Gasteiger partial charge in [-0.05, 0) is 46.8 Å². The second-order valence-electron chi connectivity index (χ2n) is 5.17. The lowest BCUT2D eigenvalue weighted by molar-refractivity contribution is -0.119. The SMILES string of the molecule is OC(c1ccc(Br)o1)C1CCOC2(CCOC2)C1. The number of furan rings is 1. The maximum Gasteiger partial charge on any atom is 0.169 e. The van der Waals surface area contributed by atoms with Crippen LogP contribution in [-0.4, -0.2) is 30.5 Å². The molecule has 3 rings (SSSR count). The number of rotatable bonds is 2. The van der Waals surface area contributed by atoms with E-state index in [-0.39, 0.29) is 11.5 Å². The van der Waals surface area contributed by atoms with Gasteiger partial charge in [0.2, 0.25) is 0 Å². The molecule has 0 bridgehead atoms.